The second-order valence-corrected chi connectivity index (χ2v) is 12.7. The largest absolute Gasteiger partial charge is 0.466 e. The van der Waals surface area contributed by atoms with Gasteiger partial charge in [-0.25, -0.2) is 4.79 Å². The van der Waals surface area contributed by atoms with E-state index in [2.05, 4.69) is 5.80 Å². The van der Waals surface area contributed by atoms with E-state index in [1.165, 1.54) is 96.3 Å². The molecule has 0 aliphatic heterocycles. The van der Waals surface area contributed by atoms with Gasteiger partial charge < -0.3 is 4.74 Å². The fourth-order valence-corrected chi connectivity index (χ4v) is 12.7. The van der Waals surface area contributed by atoms with Crippen LogP contribution in [0.3, 0.4) is 0 Å². The topological polar surface area (TPSA) is 26.3 Å². The SMILES string of the molecule is COC(=O)C=P(C1CCCCC1)(C1CCCCC1)C1CCCCC1. The number of carbonyl (C=O) groups is 1. The van der Waals surface area contributed by atoms with Gasteiger partial charge in [0.25, 0.3) is 0 Å². The highest BCUT2D eigenvalue weighted by Gasteiger charge is 2.43. The zero-order chi connectivity index (χ0) is 16.8. The van der Waals surface area contributed by atoms with Gasteiger partial charge in [0.2, 0.25) is 0 Å². The first-order valence-corrected chi connectivity index (χ1v) is 12.7. The molecule has 3 aliphatic carbocycles. The second kappa shape index (κ2) is 8.93. The molecule has 0 heterocycles. The molecule has 138 valence electrons. The van der Waals surface area contributed by atoms with Gasteiger partial charge in [0.05, 0.1) is 7.11 Å². The summed E-state index contributed by atoms with van der Waals surface area (Å²) in [6.45, 7) is -1.39. The summed E-state index contributed by atoms with van der Waals surface area (Å²) >= 11 is 0. The van der Waals surface area contributed by atoms with E-state index in [1.807, 2.05) is 0 Å². The minimum Gasteiger partial charge on any atom is -0.466 e. The molecular weight excluding hydrogens is 315 g/mol. The van der Waals surface area contributed by atoms with Gasteiger partial charge in [0, 0.05) is 5.80 Å². The highest BCUT2D eigenvalue weighted by atomic mass is 31.2. The molecule has 3 fully saturated rings. The Morgan fingerprint density at radius 3 is 1.33 bits per heavy atom. The lowest BCUT2D eigenvalue weighted by atomic mass is 9.99. The summed E-state index contributed by atoms with van der Waals surface area (Å²) in [5, 5.41) is 0. The van der Waals surface area contributed by atoms with Crippen molar-refractivity contribution in [2.24, 2.45) is 0 Å². The molecule has 0 N–H and O–H groups in total. The van der Waals surface area contributed by atoms with Crippen LogP contribution in [0.5, 0.6) is 0 Å². The highest BCUT2D eigenvalue weighted by molar-refractivity contribution is 7.78. The summed E-state index contributed by atoms with van der Waals surface area (Å²) in [5.41, 5.74) is 2.49. The van der Waals surface area contributed by atoms with Crippen molar-refractivity contribution in [1.82, 2.24) is 0 Å². The molecule has 0 spiro atoms. The maximum Gasteiger partial charge on any atom is 0.330 e. The summed E-state index contributed by atoms with van der Waals surface area (Å²) < 4.78 is 5.21. The number of esters is 1. The molecule has 0 bridgehead atoms. The first-order chi connectivity index (χ1) is 11.8. The molecule has 0 radical (unpaired) electrons. The van der Waals surface area contributed by atoms with Crippen molar-refractivity contribution in [3.63, 3.8) is 0 Å². The highest BCUT2D eigenvalue weighted by Crippen LogP contribution is 2.69. The number of ether oxygens (including phenoxy) is 1. The molecule has 0 atom stereocenters. The van der Waals surface area contributed by atoms with Crippen LogP contribution in [0.2, 0.25) is 0 Å². The van der Waals surface area contributed by atoms with Crippen LogP contribution in [-0.4, -0.2) is 35.9 Å². The minimum absolute atomic E-state index is 0.00921. The predicted octanol–water partition coefficient (Wildman–Crippen LogP) is 5.98. The summed E-state index contributed by atoms with van der Waals surface area (Å²) in [6, 6.07) is 0. The van der Waals surface area contributed by atoms with Gasteiger partial charge in [-0.05, 0) is 55.5 Å². The summed E-state index contributed by atoms with van der Waals surface area (Å²) in [5.74, 6) is 2.22. The van der Waals surface area contributed by atoms with Crippen LogP contribution in [-0.2, 0) is 9.53 Å². The Morgan fingerprint density at radius 1 is 0.708 bits per heavy atom. The van der Waals surface area contributed by atoms with Crippen LogP contribution in [0.1, 0.15) is 96.3 Å². The summed E-state index contributed by atoms with van der Waals surface area (Å²) in [7, 11) is 1.58. The molecule has 3 aliphatic rings. The molecule has 3 rings (SSSR count). The predicted molar refractivity (Wildman–Crippen MR) is 106 cm³/mol. The van der Waals surface area contributed by atoms with Gasteiger partial charge in [0.1, 0.15) is 0 Å². The molecule has 3 saturated carbocycles. The van der Waals surface area contributed by atoms with Crippen molar-refractivity contribution in [2.45, 2.75) is 113 Å². The summed E-state index contributed by atoms with van der Waals surface area (Å²) in [6.07, 6.45) is 20.9. The Morgan fingerprint density at radius 2 is 1.04 bits per heavy atom. The molecular formula is C21H37O2P. The van der Waals surface area contributed by atoms with Crippen LogP contribution in [0.4, 0.5) is 0 Å². The molecule has 0 aromatic carbocycles. The maximum absolute atomic E-state index is 12.5. The average Bonchev–Trinajstić information content (AvgIpc) is 2.68. The number of methoxy groups -OCH3 is 1. The monoisotopic (exact) mass is 352 g/mol. The fraction of sp³-hybridized carbons (Fsp3) is 0.905. The fourth-order valence-electron chi connectivity index (χ4n) is 6.03. The van der Waals surface area contributed by atoms with E-state index in [-0.39, 0.29) is 5.97 Å². The van der Waals surface area contributed by atoms with Crippen molar-refractivity contribution < 1.29 is 9.53 Å². The normalized spacial score (nSPS) is 25.4. The number of rotatable bonds is 4. The molecule has 0 saturated heterocycles. The molecule has 0 aromatic heterocycles. The Balaban J connectivity index is 2.02. The minimum atomic E-state index is -1.39. The van der Waals surface area contributed by atoms with Gasteiger partial charge in [-0.3, -0.25) is 0 Å². The Kier molecular flexibility index (Phi) is 6.90. The van der Waals surface area contributed by atoms with Gasteiger partial charge in [-0.2, -0.15) is 0 Å². The number of hydrogen-bond donors (Lipinski definition) is 0. The number of carbonyl (C=O) groups excluding carboxylic acids is 1. The van der Waals surface area contributed by atoms with Crippen LogP contribution in [0.25, 0.3) is 0 Å². The van der Waals surface area contributed by atoms with Crippen molar-refractivity contribution in [1.29, 1.82) is 0 Å². The summed E-state index contributed by atoms with van der Waals surface area (Å²) in [4.78, 5) is 12.5. The van der Waals surface area contributed by atoms with Crippen molar-refractivity contribution >= 4 is 18.7 Å². The van der Waals surface area contributed by atoms with Gasteiger partial charge in [0.15, 0.2) is 0 Å². The van der Waals surface area contributed by atoms with Crippen LogP contribution < -0.4 is 0 Å². The molecule has 0 amide bonds. The van der Waals surface area contributed by atoms with Crippen LogP contribution >= 0.6 is 6.89 Å². The molecule has 3 heteroatoms. The first-order valence-electron chi connectivity index (χ1n) is 10.6. The van der Waals surface area contributed by atoms with Gasteiger partial charge in [-0.1, -0.05) is 64.7 Å². The van der Waals surface area contributed by atoms with Crippen LogP contribution in [0, 0.1) is 0 Å². The van der Waals surface area contributed by atoms with Crippen molar-refractivity contribution in [3.05, 3.63) is 0 Å². The lowest BCUT2D eigenvalue weighted by Gasteiger charge is -2.50. The standard InChI is InChI=1S/C21H37O2P/c1-23-21(22)17-24(18-11-5-2-6-12-18,19-13-7-3-8-14-19)20-15-9-4-10-16-20/h17-20H,2-16H2,1H3. The molecule has 2 nitrogen and oxygen atoms in total. The van der Waals surface area contributed by atoms with Gasteiger partial charge >= 0.3 is 5.97 Å². The van der Waals surface area contributed by atoms with E-state index in [9.17, 15) is 4.79 Å². The van der Waals surface area contributed by atoms with E-state index in [1.54, 1.807) is 7.11 Å². The van der Waals surface area contributed by atoms with E-state index < -0.39 is 6.89 Å². The molecule has 24 heavy (non-hydrogen) atoms. The number of hydrogen-bond acceptors (Lipinski definition) is 2. The Hall–Kier alpha value is -0.230. The van der Waals surface area contributed by atoms with Crippen molar-refractivity contribution in [2.75, 3.05) is 7.11 Å². The third-order valence-electron chi connectivity index (χ3n) is 7.15. The Bertz CT molecular complexity index is 400. The van der Waals surface area contributed by atoms with Gasteiger partial charge in [-0.15, -0.1) is 0 Å². The lowest BCUT2D eigenvalue weighted by molar-refractivity contribution is -0.132. The third kappa shape index (κ3) is 3.95. The third-order valence-corrected chi connectivity index (χ3v) is 13.2. The average molecular weight is 352 g/mol. The molecule has 0 aromatic rings. The van der Waals surface area contributed by atoms with E-state index >= 15 is 0 Å². The first kappa shape index (κ1) is 18.6. The van der Waals surface area contributed by atoms with E-state index in [4.69, 9.17) is 4.74 Å². The van der Waals surface area contributed by atoms with E-state index in [0.717, 1.165) is 17.0 Å². The van der Waals surface area contributed by atoms with E-state index in [0.29, 0.717) is 0 Å². The van der Waals surface area contributed by atoms with Crippen molar-refractivity contribution in [3.8, 4) is 0 Å². The zero-order valence-electron chi connectivity index (χ0n) is 15.7. The second-order valence-electron chi connectivity index (χ2n) is 8.42. The molecule has 0 unspecified atom stereocenters. The lowest BCUT2D eigenvalue weighted by Crippen LogP contribution is -2.34. The quantitative estimate of drug-likeness (QED) is 0.460. The van der Waals surface area contributed by atoms with Crippen LogP contribution in [0.15, 0.2) is 0 Å². The maximum atomic E-state index is 12.5. The smallest absolute Gasteiger partial charge is 0.330 e. The zero-order valence-corrected chi connectivity index (χ0v) is 16.6. The Labute approximate surface area is 149 Å².